The van der Waals surface area contributed by atoms with E-state index in [0.717, 1.165) is 13.1 Å². The van der Waals surface area contributed by atoms with E-state index < -0.39 is 23.6 Å². The van der Waals surface area contributed by atoms with Crippen LogP contribution in [0.1, 0.15) is 17.3 Å². The van der Waals surface area contributed by atoms with Crippen molar-refractivity contribution in [1.82, 2.24) is 9.80 Å². The van der Waals surface area contributed by atoms with Gasteiger partial charge in [-0.2, -0.15) is 0 Å². The molecule has 144 valence electrons. The Morgan fingerprint density at radius 3 is 2.69 bits per heavy atom. The van der Waals surface area contributed by atoms with Crippen LogP contribution in [0, 0.1) is 11.7 Å². The molecule has 1 aromatic rings. The average molecular weight is 387 g/mol. The lowest BCUT2D eigenvalue weighted by Crippen LogP contribution is -2.45. The van der Waals surface area contributed by atoms with Crippen molar-refractivity contribution in [3.05, 3.63) is 34.6 Å². The molecule has 0 bridgehead atoms. The van der Waals surface area contributed by atoms with E-state index >= 15 is 0 Å². The normalized spacial score (nSPS) is 16.2. The maximum absolute atomic E-state index is 14.2. The molecular formula is C18H24ClFN2O4. The maximum Gasteiger partial charge on any atom is 0.310 e. The second kappa shape index (κ2) is 9.85. The third-order valence-corrected chi connectivity index (χ3v) is 4.67. The fraction of sp³-hybridized carbons (Fsp3) is 0.556. The summed E-state index contributed by atoms with van der Waals surface area (Å²) in [6.07, 6.45) is 0. The Morgan fingerprint density at radius 1 is 1.38 bits per heavy atom. The quantitative estimate of drug-likeness (QED) is 0.671. The number of hydrogen-bond acceptors (Lipinski definition) is 5. The fourth-order valence-electron chi connectivity index (χ4n) is 2.83. The fourth-order valence-corrected chi connectivity index (χ4v) is 3.07. The molecule has 1 aliphatic heterocycles. The Labute approximate surface area is 157 Å². The van der Waals surface area contributed by atoms with Crippen LogP contribution in [0.25, 0.3) is 0 Å². The maximum atomic E-state index is 14.2. The van der Waals surface area contributed by atoms with E-state index in [1.807, 2.05) is 0 Å². The topological polar surface area (TPSA) is 59.1 Å². The first kappa shape index (κ1) is 20.6. The number of hydrogen-bond donors (Lipinski definition) is 0. The first-order chi connectivity index (χ1) is 12.4. The van der Waals surface area contributed by atoms with Crippen LogP contribution >= 0.6 is 11.6 Å². The van der Waals surface area contributed by atoms with E-state index in [4.69, 9.17) is 21.1 Å². The zero-order chi connectivity index (χ0) is 19.1. The molecule has 0 aromatic heterocycles. The third-order valence-electron chi connectivity index (χ3n) is 4.35. The molecule has 1 aliphatic rings. The average Bonchev–Trinajstić information content (AvgIpc) is 2.64. The van der Waals surface area contributed by atoms with Gasteiger partial charge < -0.3 is 14.4 Å². The number of carbonyl (C=O) groups excluding carboxylic acids is 2. The molecule has 1 heterocycles. The molecule has 0 aliphatic carbocycles. The molecule has 1 aromatic carbocycles. The SMILES string of the molecule is COC(=O)C(C)CN(CCN1CCOCC1)C(=O)c1c(F)cccc1Cl. The van der Waals surface area contributed by atoms with Gasteiger partial charge in [-0.05, 0) is 12.1 Å². The van der Waals surface area contributed by atoms with Crippen LogP contribution in [0.4, 0.5) is 4.39 Å². The summed E-state index contributed by atoms with van der Waals surface area (Å²) < 4.78 is 24.2. The number of amides is 1. The minimum absolute atomic E-state index is 0.0529. The van der Waals surface area contributed by atoms with Crippen LogP contribution in [-0.4, -0.2) is 74.7 Å². The molecule has 0 N–H and O–H groups in total. The highest BCUT2D eigenvalue weighted by atomic mass is 35.5. The summed E-state index contributed by atoms with van der Waals surface area (Å²) in [6, 6.07) is 4.12. The smallest absolute Gasteiger partial charge is 0.310 e. The summed E-state index contributed by atoms with van der Waals surface area (Å²) in [5, 5.41) is 0.0529. The van der Waals surface area contributed by atoms with Gasteiger partial charge in [0.25, 0.3) is 5.91 Å². The molecule has 6 nitrogen and oxygen atoms in total. The second-order valence-corrected chi connectivity index (χ2v) is 6.63. The Balaban J connectivity index is 2.15. The van der Waals surface area contributed by atoms with Crippen LogP contribution < -0.4 is 0 Å². The Bertz CT molecular complexity index is 617. The van der Waals surface area contributed by atoms with Gasteiger partial charge in [0.15, 0.2) is 0 Å². The Morgan fingerprint density at radius 2 is 2.08 bits per heavy atom. The van der Waals surface area contributed by atoms with E-state index in [2.05, 4.69) is 4.90 Å². The van der Waals surface area contributed by atoms with Crippen molar-refractivity contribution in [2.24, 2.45) is 5.92 Å². The molecule has 1 atom stereocenters. The van der Waals surface area contributed by atoms with E-state index in [0.29, 0.717) is 26.3 Å². The van der Waals surface area contributed by atoms with Crippen molar-refractivity contribution >= 4 is 23.5 Å². The number of rotatable bonds is 7. The number of nitrogens with zero attached hydrogens (tertiary/aromatic N) is 2. The summed E-state index contributed by atoms with van der Waals surface area (Å²) in [6.45, 7) is 5.59. The van der Waals surface area contributed by atoms with Gasteiger partial charge in [0.05, 0.1) is 36.8 Å². The van der Waals surface area contributed by atoms with Crippen molar-refractivity contribution in [2.45, 2.75) is 6.92 Å². The lowest BCUT2D eigenvalue weighted by Gasteiger charge is -2.31. The monoisotopic (exact) mass is 386 g/mol. The predicted molar refractivity (Wildman–Crippen MR) is 95.8 cm³/mol. The summed E-state index contributed by atoms with van der Waals surface area (Å²) in [7, 11) is 1.30. The highest BCUT2D eigenvalue weighted by Gasteiger charge is 2.26. The van der Waals surface area contributed by atoms with Crippen LogP contribution in [0.15, 0.2) is 18.2 Å². The molecule has 0 radical (unpaired) electrons. The zero-order valence-electron chi connectivity index (χ0n) is 15.0. The van der Waals surface area contributed by atoms with Crippen LogP contribution in [-0.2, 0) is 14.3 Å². The molecule has 0 saturated carbocycles. The van der Waals surface area contributed by atoms with Gasteiger partial charge in [0.2, 0.25) is 0 Å². The zero-order valence-corrected chi connectivity index (χ0v) is 15.8. The molecule has 1 unspecified atom stereocenters. The standard InChI is InChI=1S/C18H24ClFN2O4/c1-13(18(24)25-2)12-22(7-6-21-8-10-26-11-9-21)17(23)16-14(19)4-3-5-15(16)20/h3-5,13H,6-12H2,1-2H3. The van der Waals surface area contributed by atoms with Crippen LogP contribution in [0.5, 0.6) is 0 Å². The van der Waals surface area contributed by atoms with E-state index in [1.165, 1.54) is 30.2 Å². The van der Waals surface area contributed by atoms with Gasteiger partial charge in [-0.25, -0.2) is 4.39 Å². The largest absolute Gasteiger partial charge is 0.469 e. The first-order valence-corrected chi connectivity index (χ1v) is 8.93. The van der Waals surface area contributed by atoms with Gasteiger partial charge >= 0.3 is 5.97 Å². The molecule has 26 heavy (non-hydrogen) atoms. The van der Waals surface area contributed by atoms with Crippen molar-refractivity contribution < 1.29 is 23.5 Å². The molecule has 8 heteroatoms. The summed E-state index contributed by atoms with van der Waals surface area (Å²) in [5.74, 6) is -2.16. The minimum Gasteiger partial charge on any atom is -0.469 e. The predicted octanol–water partition coefficient (Wildman–Crippen LogP) is 2.06. The summed E-state index contributed by atoms with van der Waals surface area (Å²) in [4.78, 5) is 28.3. The van der Waals surface area contributed by atoms with Crippen molar-refractivity contribution in [2.75, 3.05) is 53.0 Å². The Hall–Kier alpha value is -1.70. The first-order valence-electron chi connectivity index (χ1n) is 8.55. The number of benzene rings is 1. The number of halogens is 2. The Kier molecular flexibility index (Phi) is 7.81. The van der Waals surface area contributed by atoms with Crippen molar-refractivity contribution in [1.29, 1.82) is 0 Å². The molecule has 1 saturated heterocycles. The van der Waals surface area contributed by atoms with E-state index in [9.17, 15) is 14.0 Å². The number of methoxy groups -OCH3 is 1. The number of esters is 1. The second-order valence-electron chi connectivity index (χ2n) is 6.23. The third kappa shape index (κ3) is 5.40. The van der Waals surface area contributed by atoms with Gasteiger partial charge in [-0.1, -0.05) is 24.6 Å². The summed E-state index contributed by atoms with van der Waals surface area (Å²) >= 11 is 6.04. The molecule has 0 spiro atoms. The van der Waals surface area contributed by atoms with Gasteiger partial charge in [-0.15, -0.1) is 0 Å². The highest BCUT2D eigenvalue weighted by molar-refractivity contribution is 6.33. The molecule has 1 amide bonds. The number of ether oxygens (including phenoxy) is 2. The summed E-state index contributed by atoms with van der Waals surface area (Å²) in [5.41, 5.74) is -0.173. The van der Waals surface area contributed by atoms with E-state index in [1.54, 1.807) is 6.92 Å². The molecule has 2 rings (SSSR count). The van der Waals surface area contributed by atoms with Gasteiger partial charge in [-0.3, -0.25) is 14.5 Å². The lowest BCUT2D eigenvalue weighted by atomic mass is 10.1. The van der Waals surface area contributed by atoms with E-state index in [-0.39, 0.29) is 17.1 Å². The molecule has 1 fully saturated rings. The lowest BCUT2D eigenvalue weighted by molar-refractivity contribution is -0.145. The van der Waals surface area contributed by atoms with Crippen LogP contribution in [0.2, 0.25) is 5.02 Å². The highest BCUT2D eigenvalue weighted by Crippen LogP contribution is 2.21. The van der Waals surface area contributed by atoms with Crippen molar-refractivity contribution in [3.8, 4) is 0 Å². The number of carbonyl (C=O) groups is 2. The van der Waals surface area contributed by atoms with Gasteiger partial charge in [0, 0.05) is 32.7 Å². The minimum atomic E-state index is -0.676. The van der Waals surface area contributed by atoms with Gasteiger partial charge in [0.1, 0.15) is 5.82 Å². The number of morpholine rings is 1. The molecular weight excluding hydrogens is 363 g/mol. The van der Waals surface area contributed by atoms with Crippen molar-refractivity contribution in [3.63, 3.8) is 0 Å². The van der Waals surface area contributed by atoms with Crippen LogP contribution in [0.3, 0.4) is 0 Å².